The summed E-state index contributed by atoms with van der Waals surface area (Å²) in [5.41, 5.74) is 2.46. The fourth-order valence-corrected chi connectivity index (χ4v) is 4.20. The molecule has 1 aliphatic rings. The number of aromatic nitrogens is 2. The third kappa shape index (κ3) is 5.22. The predicted octanol–water partition coefficient (Wildman–Crippen LogP) is 4.92. The summed E-state index contributed by atoms with van der Waals surface area (Å²) in [5.74, 6) is 0.480. The molecule has 0 saturated carbocycles. The minimum Gasteiger partial charge on any atom is -0.376 e. The third-order valence-electron chi connectivity index (χ3n) is 4.81. The van der Waals surface area contributed by atoms with Crippen LogP contribution in [0.4, 0.5) is 4.39 Å². The Labute approximate surface area is 183 Å². The number of hydrogen-bond donors (Lipinski definition) is 2. The van der Waals surface area contributed by atoms with E-state index in [0.717, 1.165) is 36.3 Å². The highest BCUT2D eigenvalue weighted by Gasteiger charge is 2.18. The number of ether oxygens (including phenoxy) is 1. The lowest BCUT2D eigenvalue weighted by Gasteiger charge is -2.10. The van der Waals surface area contributed by atoms with E-state index in [9.17, 15) is 9.18 Å². The van der Waals surface area contributed by atoms with Crippen molar-refractivity contribution in [2.75, 3.05) is 18.9 Å². The number of nitrogens with zero attached hydrogens (tertiary/aromatic N) is 1. The van der Waals surface area contributed by atoms with Crippen LogP contribution >= 0.6 is 23.4 Å². The maximum absolute atomic E-state index is 13.3. The van der Waals surface area contributed by atoms with Crippen molar-refractivity contribution < 1.29 is 13.9 Å². The van der Waals surface area contributed by atoms with E-state index in [0.29, 0.717) is 22.4 Å². The van der Waals surface area contributed by atoms with E-state index in [1.54, 1.807) is 24.3 Å². The zero-order valence-electron chi connectivity index (χ0n) is 16.2. The van der Waals surface area contributed by atoms with Crippen LogP contribution in [0.3, 0.4) is 0 Å². The maximum atomic E-state index is 13.3. The van der Waals surface area contributed by atoms with Gasteiger partial charge in [0.15, 0.2) is 0 Å². The van der Waals surface area contributed by atoms with Gasteiger partial charge in [-0.05, 0) is 49.2 Å². The number of hydrogen-bond acceptors (Lipinski definition) is 4. The lowest BCUT2D eigenvalue weighted by atomic mass is 10.2. The number of aromatic amines is 1. The summed E-state index contributed by atoms with van der Waals surface area (Å²) in [6.45, 7) is 1.30. The van der Waals surface area contributed by atoms with Gasteiger partial charge in [0.05, 0.1) is 17.6 Å². The molecule has 30 heavy (non-hydrogen) atoms. The summed E-state index contributed by atoms with van der Waals surface area (Å²) in [5, 5.41) is 4.26. The molecule has 1 aliphatic heterocycles. The van der Waals surface area contributed by atoms with Gasteiger partial charge in [0.1, 0.15) is 16.7 Å². The van der Waals surface area contributed by atoms with E-state index in [4.69, 9.17) is 16.3 Å². The van der Waals surface area contributed by atoms with Gasteiger partial charge in [0.25, 0.3) is 0 Å². The van der Waals surface area contributed by atoms with Crippen LogP contribution in [-0.4, -0.2) is 40.9 Å². The second-order valence-corrected chi connectivity index (χ2v) is 8.41. The van der Waals surface area contributed by atoms with Crippen LogP contribution in [0, 0.1) is 5.82 Å². The first-order valence-corrected chi connectivity index (χ1v) is 11.1. The quantitative estimate of drug-likeness (QED) is 0.506. The monoisotopic (exact) mass is 445 g/mol. The van der Waals surface area contributed by atoms with Gasteiger partial charge in [0, 0.05) is 29.3 Å². The Kier molecular flexibility index (Phi) is 6.72. The molecule has 0 aliphatic carbocycles. The Morgan fingerprint density at radius 1 is 1.20 bits per heavy atom. The van der Waals surface area contributed by atoms with Crippen LogP contribution in [0.5, 0.6) is 0 Å². The molecule has 1 atom stereocenters. The fourth-order valence-electron chi connectivity index (χ4n) is 3.24. The zero-order valence-corrected chi connectivity index (χ0v) is 17.7. The highest BCUT2D eigenvalue weighted by Crippen LogP contribution is 2.33. The van der Waals surface area contributed by atoms with E-state index in [1.165, 1.54) is 23.9 Å². The highest BCUT2D eigenvalue weighted by atomic mass is 35.5. The van der Waals surface area contributed by atoms with Crippen LogP contribution in [0.2, 0.25) is 5.02 Å². The largest absolute Gasteiger partial charge is 0.376 e. The van der Waals surface area contributed by atoms with Crippen LogP contribution in [-0.2, 0) is 9.53 Å². The van der Waals surface area contributed by atoms with Crippen LogP contribution in [0.1, 0.15) is 12.8 Å². The molecule has 0 radical (unpaired) electrons. The summed E-state index contributed by atoms with van der Waals surface area (Å²) >= 11 is 7.37. The van der Waals surface area contributed by atoms with Crippen molar-refractivity contribution in [2.45, 2.75) is 24.0 Å². The molecule has 3 aromatic rings. The topological polar surface area (TPSA) is 67.0 Å². The van der Waals surface area contributed by atoms with Gasteiger partial charge < -0.3 is 15.0 Å². The van der Waals surface area contributed by atoms with Crippen LogP contribution in [0.25, 0.3) is 22.6 Å². The Balaban J connectivity index is 1.51. The van der Waals surface area contributed by atoms with Crippen molar-refractivity contribution in [1.29, 1.82) is 0 Å². The van der Waals surface area contributed by atoms with Gasteiger partial charge in [0.2, 0.25) is 5.91 Å². The third-order valence-corrected chi connectivity index (χ3v) is 6.04. The number of H-pyrrole nitrogens is 1. The second kappa shape index (κ2) is 9.64. The Morgan fingerprint density at radius 3 is 2.63 bits per heavy atom. The molecule has 1 fully saturated rings. The molecule has 1 amide bonds. The number of nitrogens with one attached hydrogen (secondary N) is 2. The molecule has 1 unspecified atom stereocenters. The van der Waals surface area contributed by atoms with Crippen LogP contribution < -0.4 is 5.32 Å². The molecular weight excluding hydrogens is 425 g/mol. The molecule has 4 rings (SSSR count). The number of imidazole rings is 1. The molecule has 2 N–H and O–H groups in total. The van der Waals surface area contributed by atoms with Gasteiger partial charge in [-0.2, -0.15) is 0 Å². The summed E-state index contributed by atoms with van der Waals surface area (Å²) < 4.78 is 18.8. The number of benzene rings is 2. The van der Waals surface area contributed by atoms with Crippen molar-refractivity contribution in [3.8, 4) is 22.6 Å². The molecule has 5 nitrogen and oxygen atoms in total. The molecule has 1 saturated heterocycles. The van der Waals surface area contributed by atoms with E-state index < -0.39 is 0 Å². The number of rotatable bonds is 7. The summed E-state index contributed by atoms with van der Waals surface area (Å²) in [6.07, 6.45) is 2.13. The number of amides is 1. The number of halogens is 2. The molecule has 0 spiro atoms. The summed E-state index contributed by atoms with van der Waals surface area (Å²) in [7, 11) is 0. The summed E-state index contributed by atoms with van der Waals surface area (Å²) in [4.78, 5) is 20.3. The van der Waals surface area contributed by atoms with Crippen molar-refractivity contribution in [2.24, 2.45) is 0 Å². The smallest absolute Gasteiger partial charge is 0.230 e. The first-order chi connectivity index (χ1) is 14.6. The van der Waals surface area contributed by atoms with Gasteiger partial charge in [-0.15, -0.1) is 0 Å². The SMILES string of the molecule is O=C(CSc1nc(-c2ccc(F)cc2)[nH]c1-c1ccc(Cl)cc1)NCC1CCCO1. The molecule has 1 aromatic heterocycles. The molecule has 156 valence electrons. The molecule has 2 heterocycles. The van der Waals surface area contributed by atoms with Gasteiger partial charge in [-0.25, -0.2) is 9.37 Å². The van der Waals surface area contributed by atoms with Crippen LogP contribution in [0.15, 0.2) is 53.6 Å². The first-order valence-electron chi connectivity index (χ1n) is 9.71. The Bertz CT molecular complexity index is 1000. The lowest BCUT2D eigenvalue weighted by Crippen LogP contribution is -2.32. The fraction of sp³-hybridized carbons (Fsp3) is 0.273. The minimum atomic E-state index is -0.305. The van der Waals surface area contributed by atoms with E-state index in [2.05, 4.69) is 15.3 Å². The second-order valence-electron chi connectivity index (χ2n) is 7.01. The number of carbonyl (C=O) groups excluding carboxylic acids is 1. The Hall–Kier alpha value is -2.35. The van der Waals surface area contributed by atoms with E-state index >= 15 is 0 Å². The van der Waals surface area contributed by atoms with Crippen molar-refractivity contribution >= 4 is 29.3 Å². The van der Waals surface area contributed by atoms with Crippen molar-refractivity contribution in [1.82, 2.24) is 15.3 Å². The predicted molar refractivity (Wildman–Crippen MR) is 117 cm³/mol. The number of thioether (sulfide) groups is 1. The average Bonchev–Trinajstić information content (AvgIpc) is 3.42. The standard InChI is InChI=1S/C22H21ClFN3O2S/c23-16-7-3-14(4-8-16)20-22(27-21(26-20)15-5-9-17(24)10-6-15)30-13-19(28)25-12-18-2-1-11-29-18/h3-10,18H,1-2,11-13H2,(H,25,28)(H,26,27). The van der Waals surface area contributed by atoms with E-state index in [1.807, 2.05) is 12.1 Å². The number of carbonyl (C=O) groups is 1. The molecule has 2 aromatic carbocycles. The van der Waals surface area contributed by atoms with Gasteiger partial charge in [-0.3, -0.25) is 4.79 Å². The lowest BCUT2D eigenvalue weighted by molar-refractivity contribution is -0.119. The maximum Gasteiger partial charge on any atom is 0.230 e. The van der Waals surface area contributed by atoms with Gasteiger partial charge >= 0.3 is 0 Å². The average molecular weight is 446 g/mol. The van der Waals surface area contributed by atoms with Gasteiger partial charge in [-0.1, -0.05) is 35.5 Å². The van der Waals surface area contributed by atoms with E-state index in [-0.39, 0.29) is 23.6 Å². The Morgan fingerprint density at radius 2 is 1.93 bits per heavy atom. The summed E-state index contributed by atoms with van der Waals surface area (Å²) in [6, 6.07) is 13.5. The van der Waals surface area contributed by atoms with Crippen molar-refractivity contribution in [3.63, 3.8) is 0 Å². The van der Waals surface area contributed by atoms with Crippen molar-refractivity contribution in [3.05, 3.63) is 59.4 Å². The first kappa shape index (κ1) is 20.9. The minimum absolute atomic E-state index is 0.0658. The molecule has 0 bridgehead atoms. The normalized spacial score (nSPS) is 16.0. The molecular formula is C22H21ClFN3O2S. The molecule has 8 heteroatoms. The zero-order chi connectivity index (χ0) is 20.9. The highest BCUT2D eigenvalue weighted by molar-refractivity contribution is 8.00.